The summed E-state index contributed by atoms with van der Waals surface area (Å²) in [5, 5.41) is 6.85. The molecule has 256 valence electrons. The van der Waals surface area contributed by atoms with Crippen LogP contribution < -0.4 is 0 Å². The van der Waals surface area contributed by atoms with Crippen LogP contribution in [0.5, 0.6) is 0 Å². The summed E-state index contributed by atoms with van der Waals surface area (Å²) >= 11 is 0. The van der Waals surface area contributed by atoms with E-state index in [-0.39, 0.29) is 0 Å². The molecular weight excluding hydrogens is 669 g/mol. The molecule has 11 rings (SSSR count). The lowest BCUT2D eigenvalue weighted by atomic mass is 9.93. The Labute approximate surface area is 317 Å². The first kappa shape index (κ1) is 31.2. The van der Waals surface area contributed by atoms with Gasteiger partial charge in [0.2, 0.25) is 0 Å². The van der Waals surface area contributed by atoms with Gasteiger partial charge in [-0.25, -0.2) is 4.98 Å². The Morgan fingerprint density at radius 1 is 0.327 bits per heavy atom. The average molecular weight is 701 g/mol. The zero-order valence-corrected chi connectivity index (χ0v) is 29.8. The second kappa shape index (κ2) is 12.6. The molecule has 0 unspecified atom stereocenters. The molecule has 0 saturated heterocycles. The van der Waals surface area contributed by atoms with Crippen LogP contribution in [0.1, 0.15) is 0 Å². The topological polar surface area (TPSA) is 38.9 Å². The normalized spacial score (nSPS) is 11.6. The van der Waals surface area contributed by atoms with Crippen molar-refractivity contribution in [1.29, 1.82) is 0 Å². The van der Waals surface area contributed by atoms with Gasteiger partial charge in [-0.15, -0.1) is 0 Å². The predicted octanol–water partition coefficient (Wildman–Crippen LogP) is 14.2. The molecule has 0 amide bonds. The van der Waals surface area contributed by atoms with Gasteiger partial charge < -0.3 is 4.42 Å². The number of hydrogen-bond donors (Lipinski definition) is 0. The lowest BCUT2D eigenvalue weighted by Crippen LogP contribution is -1.92. The van der Waals surface area contributed by atoms with E-state index in [0.717, 1.165) is 82.8 Å². The zero-order chi connectivity index (χ0) is 36.3. The summed E-state index contributed by atoms with van der Waals surface area (Å²) < 4.78 is 6.70. The largest absolute Gasteiger partial charge is 0.455 e. The Balaban J connectivity index is 1.01. The molecule has 3 nitrogen and oxygen atoms in total. The third kappa shape index (κ3) is 5.28. The van der Waals surface area contributed by atoms with E-state index in [1.807, 2.05) is 6.20 Å². The Hall–Kier alpha value is -7.36. The fourth-order valence-electron chi connectivity index (χ4n) is 8.16. The Bertz CT molecular complexity index is 3200. The predicted molar refractivity (Wildman–Crippen MR) is 229 cm³/mol. The van der Waals surface area contributed by atoms with E-state index in [1.54, 1.807) is 0 Å². The second-order valence-corrected chi connectivity index (χ2v) is 14.1. The third-order valence-electron chi connectivity index (χ3n) is 10.9. The maximum atomic E-state index is 6.70. The van der Waals surface area contributed by atoms with Gasteiger partial charge in [-0.3, -0.25) is 4.98 Å². The van der Waals surface area contributed by atoms with Gasteiger partial charge in [0.15, 0.2) is 0 Å². The van der Waals surface area contributed by atoms with E-state index in [0.29, 0.717) is 0 Å². The fraction of sp³-hybridized carbons (Fsp3) is 0. The van der Waals surface area contributed by atoms with Crippen molar-refractivity contribution in [2.75, 3.05) is 0 Å². The maximum absolute atomic E-state index is 6.70. The summed E-state index contributed by atoms with van der Waals surface area (Å²) in [6.45, 7) is 0. The van der Waals surface area contributed by atoms with E-state index in [2.05, 4.69) is 188 Å². The molecule has 2 aromatic heterocycles. The first-order chi connectivity index (χ1) is 27.2. The van der Waals surface area contributed by atoms with Crippen LogP contribution in [0.15, 0.2) is 199 Å². The summed E-state index contributed by atoms with van der Waals surface area (Å²) in [6, 6.07) is 66.6. The minimum absolute atomic E-state index is 0.855. The molecular formula is C52H32N2O. The van der Waals surface area contributed by atoms with Crippen LogP contribution in [0.2, 0.25) is 0 Å². The first-order valence-electron chi connectivity index (χ1n) is 18.6. The summed E-state index contributed by atoms with van der Waals surface area (Å²) in [5.74, 6) is 0. The molecule has 0 radical (unpaired) electrons. The second-order valence-electron chi connectivity index (χ2n) is 14.1. The van der Waals surface area contributed by atoms with Crippen molar-refractivity contribution in [1.82, 2.24) is 9.97 Å². The quantitative estimate of drug-likeness (QED) is 0.168. The molecule has 0 spiro atoms. The monoisotopic (exact) mass is 700 g/mol. The van der Waals surface area contributed by atoms with Crippen molar-refractivity contribution in [3.05, 3.63) is 194 Å². The standard InChI is InChI=1S/C52H32N2O/c1-3-12-33(13-4-1)38-26-27-49-46(29-38)47-31-40(34-14-5-2-6-15-34)30-45(52(47)55-49)39-17-11-16-37(28-39)35-22-24-36(25-23-35)48-32-53-50-43-20-9-7-18-41(43)42-19-8-10-21-44(42)51(50)54-48/h1-32H. The SMILES string of the molecule is c1ccc(-c2ccc3oc4c(-c5cccc(-c6ccc(-c7cnc8c9ccccc9c9ccccc9c8n7)cc6)c5)cc(-c5ccccc5)cc4c3c2)cc1. The number of fused-ring (bicyclic) bond motifs is 9. The molecule has 0 atom stereocenters. The van der Waals surface area contributed by atoms with Gasteiger partial charge in [0.05, 0.1) is 22.9 Å². The van der Waals surface area contributed by atoms with Crippen LogP contribution in [0.3, 0.4) is 0 Å². The van der Waals surface area contributed by atoms with Crippen molar-refractivity contribution in [2.45, 2.75) is 0 Å². The van der Waals surface area contributed by atoms with Crippen molar-refractivity contribution in [3.63, 3.8) is 0 Å². The molecule has 0 fully saturated rings. The Kier molecular flexibility index (Phi) is 7.17. The number of benzene rings is 9. The molecule has 0 bridgehead atoms. The highest BCUT2D eigenvalue weighted by molar-refractivity contribution is 6.23. The van der Waals surface area contributed by atoms with Gasteiger partial charge in [-0.2, -0.15) is 0 Å². The third-order valence-corrected chi connectivity index (χ3v) is 10.9. The summed E-state index contributed by atoms with van der Waals surface area (Å²) in [4.78, 5) is 10.2. The van der Waals surface area contributed by atoms with E-state index in [4.69, 9.17) is 14.4 Å². The Morgan fingerprint density at radius 2 is 0.855 bits per heavy atom. The summed E-state index contributed by atoms with van der Waals surface area (Å²) in [6.07, 6.45) is 1.90. The summed E-state index contributed by atoms with van der Waals surface area (Å²) in [7, 11) is 0. The Morgan fingerprint density at radius 3 is 1.58 bits per heavy atom. The fourth-order valence-corrected chi connectivity index (χ4v) is 8.16. The molecule has 11 aromatic rings. The highest BCUT2D eigenvalue weighted by Crippen LogP contribution is 2.42. The van der Waals surface area contributed by atoms with Crippen LogP contribution >= 0.6 is 0 Å². The minimum Gasteiger partial charge on any atom is -0.455 e. The zero-order valence-electron chi connectivity index (χ0n) is 29.8. The molecule has 55 heavy (non-hydrogen) atoms. The van der Waals surface area contributed by atoms with E-state index >= 15 is 0 Å². The van der Waals surface area contributed by atoms with Gasteiger partial charge in [0.1, 0.15) is 11.2 Å². The van der Waals surface area contributed by atoms with Gasteiger partial charge in [0, 0.05) is 32.7 Å². The maximum Gasteiger partial charge on any atom is 0.143 e. The van der Waals surface area contributed by atoms with E-state index < -0.39 is 0 Å². The smallest absolute Gasteiger partial charge is 0.143 e. The van der Waals surface area contributed by atoms with E-state index in [1.165, 1.54) is 27.5 Å². The van der Waals surface area contributed by atoms with Crippen molar-refractivity contribution >= 4 is 54.5 Å². The highest BCUT2D eigenvalue weighted by Gasteiger charge is 2.17. The van der Waals surface area contributed by atoms with Gasteiger partial charge in [0.25, 0.3) is 0 Å². The number of aromatic nitrogens is 2. The summed E-state index contributed by atoms with van der Waals surface area (Å²) in [5.41, 5.74) is 14.6. The number of furan rings is 1. The molecule has 0 aliphatic heterocycles. The molecule has 0 N–H and O–H groups in total. The lowest BCUT2D eigenvalue weighted by Gasteiger charge is -2.11. The van der Waals surface area contributed by atoms with Crippen LogP contribution in [-0.2, 0) is 0 Å². The van der Waals surface area contributed by atoms with E-state index in [9.17, 15) is 0 Å². The van der Waals surface area contributed by atoms with Crippen molar-refractivity contribution in [2.24, 2.45) is 0 Å². The first-order valence-corrected chi connectivity index (χ1v) is 18.6. The lowest BCUT2D eigenvalue weighted by molar-refractivity contribution is 0.670. The number of hydrogen-bond acceptors (Lipinski definition) is 3. The van der Waals surface area contributed by atoms with Crippen LogP contribution in [0.25, 0.3) is 110 Å². The molecule has 9 aromatic carbocycles. The molecule has 2 heterocycles. The minimum atomic E-state index is 0.855. The van der Waals surface area contributed by atoms with Gasteiger partial charge in [-0.1, -0.05) is 158 Å². The van der Waals surface area contributed by atoms with Gasteiger partial charge in [-0.05, 0) is 80.0 Å². The van der Waals surface area contributed by atoms with Crippen molar-refractivity contribution < 1.29 is 4.42 Å². The van der Waals surface area contributed by atoms with Crippen LogP contribution in [0, 0.1) is 0 Å². The van der Waals surface area contributed by atoms with Crippen molar-refractivity contribution in [3.8, 4) is 55.8 Å². The number of rotatable bonds is 5. The molecule has 0 aliphatic rings. The molecule has 0 saturated carbocycles. The number of nitrogens with zero attached hydrogens (tertiary/aromatic N) is 2. The van der Waals surface area contributed by atoms with Gasteiger partial charge >= 0.3 is 0 Å². The van der Waals surface area contributed by atoms with Crippen LogP contribution in [-0.4, -0.2) is 9.97 Å². The molecule has 3 heteroatoms. The highest BCUT2D eigenvalue weighted by atomic mass is 16.3. The molecule has 0 aliphatic carbocycles. The van der Waals surface area contributed by atoms with Crippen LogP contribution in [0.4, 0.5) is 0 Å². The average Bonchev–Trinajstić information content (AvgIpc) is 3.65.